The van der Waals surface area contributed by atoms with Crippen molar-refractivity contribution in [3.8, 4) is 11.3 Å². The first-order chi connectivity index (χ1) is 8.70. The summed E-state index contributed by atoms with van der Waals surface area (Å²) in [4.78, 5) is 4.54. The van der Waals surface area contributed by atoms with E-state index < -0.39 is 0 Å². The Morgan fingerprint density at radius 2 is 2.17 bits per heavy atom. The molecule has 1 saturated carbocycles. The molecule has 94 valence electrons. The van der Waals surface area contributed by atoms with Crippen molar-refractivity contribution in [2.45, 2.75) is 32.7 Å². The highest BCUT2D eigenvalue weighted by Gasteiger charge is 2.24. The fourth-order valence-electron chi connectivity index (χ4n) is 2.52. The maximum absolute atomic E-state index is 4.54. The molecule has 0 aliphatic heterocycles. The maximum atomic E-state index is 4.54. The van der Waals surface area contributed by atoms with E-state index in [1.54, 1.807) is 11.3 Å². The molecule has 1 aliphatic rings. The Labute approximate surface area is 112 Å². The monoisotopic (exact) mass is 258 g/mol. The van der Waals surface area contributed by atoms with Gasteiger partial charge in [0, 0.05) is 22.7 Å². The molecule has 3 heteroatoms. The summed E-state index contributed by atoms with van der Waals surface area (Å²) < 4.78 is 0. The smallest absolute Gasteiger partial charge is 0.0901 e. The molecule has 0 bridgehead atoms. The van der Waals surface area contributed by atoms with Gasteiger partial charge in [-0.3, -0.25) is 0 Å². The van der Waals surface area contributed by atoms with E-state index in [2.05, 4.69) is 46.9 Å². The SMILES string of the molecule is Cc1nc(-c2cccc(NC3CC(C)C3)c2)cs1. The number of anilines is 1. The molecular weight excluding hydrogens is 240 g/mol. The molecule has 2 aromatic rings. The molecule has 3 rings (SSSR count). The number of nitrogens with one attached hydrogen (secondary N) is 1. The van der Waals surface area contributed by atoms with Crippen LogP contribution in [0.15, 0.2) is 29.6 Å². The zero-order valence-corrected chi connectivity index (χ0v) is 11.6. The highest BCUT2D eigenvalue weighted by Crippen LogP contribution is 2.31. The normalized spacial score (nSPS) is 22.6. The number of aromatic nitrogens is 1. The van der Waals surface area contributed by atoms with Crippen molar-refractivity contribution in [3.63, 3.8) is 0 Å². The third-order valence-corrected chi connectivity index (χ3v) is 4.30. The second kappa shape index (κ2) is 4.73. The van der Waals surface area contributed by atoms with Gasteiger partial charge in [0.2, 0.25) is 0 Å². The van der Waals surface area contributed by atoms with Gasteiger partial charge in [0.15, 0.2) is 0 Å². The number of rotatable bonds is 3. The first kappa shape index (κ1) is 11.7. The minimum Gasteiger partial charge on any atom is -0.382 e. The van der Waals surface area contributed by atoms with Crippen LogP contribution in [-0.2, 0) is 0 Å². The molecule has 0 atom stereocenters. The predicted molar refractivity (Wildman–Crippen MR) is 78.1 cm³/mol. The molecule has 0 saturated heterocycles. The second-order valence-electron chi connectivity index (χ2n) is 5.25. The molecule has 2 nitrogen and oxygen atoms in total. The van der Waals surface area contributed by atoms with Gasteiger partial charge in [0.1, 0.15) is 0 Å². The van der Waals surface area contributed by atoms with Crippen molar-refractivity contribution >= 4 is 17.0 Å². The van der Waals surface area contributed by atoms with Crippen molar-refractivity contribution in [2.24, 2.45) is 5.92 Å². The third-order valence-electron chi connectivity index (χ3n) is 3.52. The van der Waals surface area contributed by atoms with E-state index in [1.165, 1.54) is 24.1 Å². The Morgan fingerprint density at radius 3 is 2.83 bits per heavy atom. The number of benzene rings is 1. The van der Waals surface area contributed by atoms with Crippen LogP contribution in [0.1, 0.15) is 24.8 Å². The van der Waals surface area contributed by atoms with Crippen molar-refractivity contribution < 1.29 is 0 Å². The lowest BCUT2D eigenvalue weighted by Crippen LogP contribution is -2.33. The Morgan fingerprint density at radius 1 is 1.33 bits per heavy atom. The molecule has 1 aromatic heterocycles. The van der Waals surface area contributed by atoms with E-state index >= 15 is 0 Å². The molecule has 0 unspecified atom stereocenters. The molecule has 1 fully saturated rings. The van der Waals surface area contributed by atoms with E-state index in [4.69, 9.17) is 0 Å². The average molecular weight is 258 g/mol. The number of nitrogens with zero attached hydrogens (tertiary/aromatic N) is 1. The van der Waals surface area contributed by atoms with Crippen molar-refractivity contribution in [1.29, 1.82) is 0 Å². The van der Waals surface area contributed by atoms with Gasteiger partial charge in [-0.05, 0) is 37.8 Å². The molecule has 1 aliphatic carbocycles. The van der Waals surface area contributed by atoms with Gasteiger partial charge in [0.25, 0.3) is 0 Å². The van der Waals surface area contributed by atoms with E-state index in [0.717, 1.165) is 16.6 Å². The average Bonchev–Trinajstić information content (AvgIpc) is 2.74. The van der Waals surface area contributed by atoms with Crippen LogP contribution in [0.3, 0.4) is 0 Å². The van der Waals surface area contributed by atoms with Crippen molar-refractivity contribution in [1.82, 2.24) is 4.98 Å². The van der Waals surface area contributed by atoms with Gasteiger partial charge in [-0.15, -0.1) is 11.3 Å². The van der Waals surface area contributed by atoms with E-state index in [0.29, 0.717) is 6.04 Å². The Balaban J connectivity index is 1.76. The molecule has 0 spiro atoms. The molecule has 1 aromatic carbocycles. The van der Waals surface area contributed by atoms with Crippen LogP contribution in [0, 0.1) is 12.8 Å². The molecule has 18 heavy (non-hydrogen) atoms. The van der Waals surface area contributed by atoms with Crippen molar-refractivity contribution in [2.75, 3.05) is 5.32 Å². The van der Waals surface area contributed by atoms with E-state index in [9.17, 15) is 0 Å². The maximum Gasteiger partial charge on any atom is 0.0901 e. The molecule has 0 amide bonds. The molecular formula is C15H18N2S. The van der Waals surface area contributed by atoms with Crippen LogP contribution in [-0.4, -0.2) is 11.0 Å². The summed E-state index contributed by atoms with van der Waals surface area (Å²) in [6.07, 6.45) is 2.58. The zero-order chi connectivity index (χ0) is 12.5. The van der Waals surface area contributed by atoms with E-state index in [-0.39, 0.29) is 0 Å². The predicted octanol–water partition coefficient (Wildman–Crippen LogP) is 4.33. The van der Waals surface area contributed by atoms with Crippen LogP contribution in [0.5, 0.6) is 0 Å². The molecule has 1 heterocycles. The minimum atomic E-state index is 0.660. The highest BCUT2D eigenvalue weighted by molar-refractivity contribution is 7.09. The lowest BCUT2D eigenvalue weighted by Gasteiger charge is -2.34. The Bertz CT molecular complexity index is 541. The summed E-state index contributed by atoms with van der Waals surface area (Å²) in [5.74, 6) is 0.881. The number of aryl methyl sites for hydroxylation is 1. The summed E-state index contributed by atoms with van der Waals surface area (Å²) in [5, 5.41) is 6.85. The lowest BCUT2D eigenvalue weighted by molar-refractivity contribution is 0.309. The first-order valence-corrected chi connectivity index (χ1v) is 7.38. The third kappa shape index (κ3) is 2.41. The molecule has 0 radical (unpaired) electrons. The lowest BCUT2D eigenvalue weighted by atomic mass is 9.82. The quantitative estimate of drug-likeness (QED) is 0.886. The highest BCUT2D eigenvalue weighted by atomic mass is 32.1. The summed E-state index contributed by atoms with van der Waals surface area (Å²) >= 11 is 1.70. The first-order valence-electron chi connectivity index (χ1n) is 6.50. The minimum absolute atomic E-state index is 0.660. The van der Waals surface area contributed by atoms with Gasteiger partial charge in [-0.1, -0.05) is 19.1 Å². The number of hydrogen-bond donors (Lipinski definition) is 1. The standard InChI is InChI=1S/C15H18N2S/c1-10-6-14(7-10)17-13-5-3-4-12(8-13)15-9-18-11(2)16-15/h3-5,8-10,14,17H,6-7H2,1-2H3. The second-order valence-corrected chi connectivity index (χ2v) is 6.31. The summed E-state index contributed by atoms with van der Waals surface area (Å²) in [5.41, 5.74) is 3.51. The van der Waals surface area contributed by atoms with Gasteiger partial charge in [0.05, 0.1) is 10.7 Å². The zero-order valence-electron chi connectivity index (χ0n) is 10.8. The van der Waals surface area contributed by atoms with Crippen molar-refractivity contribution in [3.05, 3.63) is 34.7 Å². The summed E-state index contributed by atoms with van der Waals surface area (Å²) in [6.45, 7) is 4.36. The van der Waals surface area contributed by atoms with E-state index in [1.807, 2.05) is 6.92 Å². The van der Waals surface area contributed by atoms with Crippen LogP contribution < -0.4 is 5.32 Å². The molecule has 1 N–H and O–H groups in total. The van der Waals surface area contributed by atoms with Gasteiger partial charge in [-0.2, -0.15) is 0 Å². The van der Waals surface area contributed by atoms with Crippen LogP contribution in [0.4, 0.5) is 5.69 Å². The van der Waals surface area contributed by atoms with Crippen LogP contribution in [0.2, 0.25) is 0 Å². The fraction of sp³-hybridized carbons (Fsp3) is 0.400. The summed E-state index contributed by atoms with van der Waals surface area (Å²) in [6, 6.07) is 9.24. The topological polar surface area (TPSA) is 24.9 Å². The Kier molecular flexibility index (Phi) is 3.08. The van der Waals surface area contributed by atoms with Gasteiger partial charge in [-0.25, -0.2) is 4.98 Å². The fourth-order valence-corrected chi connectivity index (χ4v) is 3.14. The Hall–Kier alpha value is -1.35. The number of hydrogen-bond acceptors (Lipinski definition) is 3. The van der Waals surface area contributed by atoms with Crippen LogP contribution >= 0.6 is 11.3 Å². The summed E-state index contributed by atoms with van der Waals surface area (Å²) in [7, 11) is 0. The van der Waals surface area contributed by atoms with Gasteiger partial charge >= 0.3 is 0 Å². The number of thiazole rings is 1. The van der Waals surface area contributed by atoms with Gasteiger partial charge < -0.3 is 5.32 Å². The van der Waals surface area contributed by atoms with Crippen LogP contribution in [0.25, 0.3) is 11.3 Å². The largest absolute Gasteiger partial charge is 0.382 e.